The number of amidine groups is 1. The van der Waals surface area contributed by atoms with Gasteiger partial charge in [-0.2, -0.15) is 4.99 Å². The fourth-order valence-corrected chi connectivity index (χ4v) is 1.81. The van der Waals surface area contributed by atoms with Crippen molar-refractivity contribution in [3.8, 4) is 11.3 Å². The molecule has 0 saturated heterocycles. The lowest BCUT2D eigenvalue weighted by molar-refractivity contribution is -0.0310. The number of hydrogen-bond donors (Lipinski definition) is 2. The monoisotopic (exact) mass is 313 g/mol. The van der Waals surface area contributed by atoms with Crippen LogP contribution in [0, 0.1) is 0 Å². The predicted molar refractivity (Wildman–Crippen MR) is 77.8 cm³/mol. The van der Waals surface area contributed by atoms with Gasteiger partial charge in [-0.15, -0.1) is 0 Å². The first-order chi connectivity index (χ1) is 9.47. The van der Waals surface area contributed by atoms with Crippen LogP contribution in [0.1, 0.15) is 5.69 Å². The van der Waals surface area contributed by atoms with E-state index in [2.05, 4.69) is 15.0 Å². The molecule has 0 amide bonds. The first-order valence-electron chi connectivity index (χ1n) is 5.47. The zero-order valence-corrected chi connectivity index (χ0v) is 11.6. The maximum absolute atomic E-state index is 8.86. The molecule has 6 nitrogen and oxygen atoms in total. The highest BCUT2D eigenvalue weighted by Gasteiger charge is 2.09. The summed E-state index contributed by atoms with van der Waals surface area (Å²) in [5, 5.41) is 16.7. The Hall–Kier alpha value is -1.73. The lowest BCUT2D eigenvalue weighted by Crippen LogP contribution is -2.19. The summed E-state index contributed by atoms with van der Waals surface area (Å²) >= 11 is 11.8. The molecule has 0 spiro atoms. The van der Waals surface area contributed by atoms with E-state index in [0.717, 1.165) is 5.56 Å². The minimum atomic E-state index is -1.64. The molecule has 0 aliphatic rings. The molecular weight excluding hydrogens is 303 g/mol. The Morgan fingerprint density at radius 3 is 2.65 bits per heavy atom. The van der Waals surface area contributed by atoms with E-state index in [-0.39, 0.29) is 5.84 Å². The molecule has 1 heterocycles. The molecular formula is C12H11Cl2N4O2+. The Morgan fingerprint density at radius 1 is 1.25 bits per heavy atom. The summed E-state index contributed by atoms with van der Waals surface area (Å²) in [7, 11) is 0. The quantitative estimate of drug-likeness (QED) is 0.383. The number of aliphatic imine (C=N–C) groups is 1. The normalized spacial score (nSPS) is 13.3. The van der Waals surface area contributed by atoms with Gasteiger partial charge in [0.05, 0.1) is 15.7 Å². The average Bonchev–Trinajstić information content (AvgIpc) is 2.41. The molecule has 0 aliphatic carbocycles. The maximum atomic E-state index is 8.86. The van der Waals surface area contributed by atoms with Crippen molar-refractivity contribution in [3.63, 3.8) is 0 Å². The van der Waals surface area contributed by atoms with Crippen LogP contribution in [0.3, 0.4) is 0 Å². The van der Waals surface area contributed by atoms with E-state index in [1.54, 1.807) is 24.3 Å². The Labute approximate surface area is 124 Å². The van der Waals surface area contributed by atoms with Crippen LogP contribution in [0.2, 0.25) is 10.0 Å². The smallest absolute Gasteiger partial charge is 0.369 e. The molecule has 104 valence electrons. The molecule has 1 aromatic carbocycles. The SMILES string of the molecule is N/C(=N\C(O)[OH2+])c1cc(-c2ccc(Cl)c(Cl)c2)ncn1. The van der Waals surface area contributed by atoms with Gasteiger partial charge in [0.2, 0.25) is 0 Å². The van der Waals surface area contributed by atoms with E-state index in [4.69, 9.17) is 39.1 Å². The van der Waals surface area contributed by atoms with Crippen LogP contribution in [-0.2, 0) is 0 Å². The summed E-state index contributed by atoms with van der Waals surface area (Å²) in [6.07, 6.45) is -0.329. The summed E-state index contributed by atoms with van der Waals surface area (Å²) in [5.74, 6) is -0.0452. The molecule has 1 aromatic heterocycles. The van der Waals surface area contributed by atoms with Crippen LogP contribution in [-0.4, -0.2) is 32.4 Å². The van der Waals surface area contributed by atoms with Gasteiger partial charge in [-0.3, -0.25) is 0 Å². The summed E-state index contributed by atoms with van der Waals surface area (Å²) < 4.78 is 0. The number of hydrogen-bond acceptors (Lipinski definition) is 4. The van der Waals surface area contributed by atoms with Gasteiger partial charge in [0, 0.05) is 5.56 Å². The molecule has 0 fully saturated rings. The number of halogens is 2. The Kier molecular flexibility index (Phi) is 4.51. The third kappa shape index (κ3) is 3.43. The van der Waals surface area contributed by atoms with Crippen LogP contribution in [0.25, 0.3) is 11.3 Å². The van der Waals surface area contributed by atoms with E-state index >= 15 is 0 Å². The lowest BCUT2D eigenvalue weighted by atomic mass is 10.1. The van der Waals surface area contributed by atoms with Gasteiger partial charge >= 0.3 is 6.41 Å². The molecule has 2 rings (SSSR count). The van der Waals surface area contributed by atoms with E-state index < -0.39 is 6.41 Å². The van der Waals surface area contributed by atoms with Crippen molar-refractivity contribution in [2.45, 2.75) is 6.41 Å². The first-order valence-corrected chi connectivity index (χ1v) is 6.23. The van der Waals surface area contributed by atoms with E-state index in [0.29, 0.717) is 21.4 Å². The van der Waals surface area contributed by atoms with Crippen molar-refractivity contribution in [2.75, 3.05) is 0 Å². The molecule has 0 saturated carbocycles. The molecule has 0 bridgehead atoms. The Bertz CT molecular complexity index is 662. The molecule has 8 heteroatoms. The Morgan fingerprint density at radius 2 is 2.00 bits per heavy atom. The van der Waals surface area contributed by atoms with Gasteiger partial charge in [-0.1, -0.05) is 29.3 Å². The highest BCUT2D eigenvalue weighted by atomic mass is 35.5. The fourth-order valence-electron chi connectivity index (χ4n) is 1.51. The largest absolute Gasteiger partial charge is 0.402 e. The van der Waals surface area contributed by atoms with Crippen LogP contribution in [0.4, 0.5) is 0 Å². The molecule has 0 aliphatic heterocycles. The van der Waals surface area contributed by atoms with Gasteiger partial charge in [-0.25, -0.2) is 9.97 Å². The van der Waals surface area contributed by atoms with E-state index in [9.17, 15) is 0 Å². The first kappa shape index (κ1) is 14.7. The van der Waals surface area contributed by atoms with Crippen LogP contribution >= 0.6 is 23.2 Å². The summed E-state index contributed by atoms with van der Waals surface area (Å²) in [6.45, 7) is 0. The number of rotatable bonds is 3. The highest BCUT2D eigenvalue weighted by Crippen LogP contribution is 2.27. The third-order valence-electron chi connectivity index (χ3n) is 2.41. The van der Waals surface area contributed by atoms with E-state index in [1.807, 2.05) is 0 Å². The average molecular weight is 314 g/mol. The van der Waals surface area contributed by atoms with E-state index in [1.165, 1.54) is 6.33 Å². The standard InChI is InChI=1S/C12H10Cl2N4O2/c13-7-2-1-6(3-8(7)14)9-4-10(17-5-16-9)11(15)18-12(19)20/h1-5,12,19-20H,(H2,15,18)/p+1. The topological polar surface area (TPSA) is 107 Å². The summed E-state index contributed by atoms with van der Waals surface area (Å²) in [6, 6.07) is 6.67. The second kappa shape index (κ2) is 6.15. The minimum Gasteiger partial charge on any atom is -0.402 e. The van der Waals surface area contributed by atoms with Crippen LogP contribution < -0.4 is 5.73 Å². The fraction of sp³-hybridized carbons (Fsp3) is 0.0833. The van der Waals surface area contributed by atoms with Crippen molar-refractivity contribution in [3.05, 3.63) is 46.3 Å². The van der Waals surface area contributed by atoms with Gasteiger partial charge < -0.3 is 15.9 Å². The number of nitrogens with zero attached hydrogens (tertiary/aromatic N) is 3. The minimum absolute atomic E-state index is 0.0452. The van der Waals surface area contributed by atoms with Crippen molar-refractivity contribution in [1.82, 2.24) is 9.97 Å². The highest BCUT2D eigenvalue weighted by molar-refractivity contribution is 6.42. The van der Waals surface area contributed by atoms with Crippen molar-refractivity contribution >= 4 is 29.0 Å². The van der Waals surface area contributed by atoms with Crippen molar-refractivity contribution in [2.24, 2.45) is 10.7 Å². The Balaban J connectivity index is 2.41. The predicted octanol–water partition coefficient (Wildman–Crippen LogP) is 1.16. The third-order valence-corrected chi connectivity index (χ3v) is 3.15. The number of aliphatic hydroxyl groups is 1. The second-order valence-corrected chi connectivity index (χ2v) is 4.62. The van der Waals surface area contributed by atoms with Gasteiger partial charge in [-0.05, 0) is 18.2 Å². The van der Waals surface area contributed by atoms with Crippen molar-refractivity contribution in [1.29, 1.82) is 0 Å². The lowest BCUT2D eigenvalue weighted by Gasteiger charge is -2.05. The number of nitrogens with two attached hydrogens (primary N) is 1. The zero-order chi connectivity index (χ0) is 14.7. The molecule has 20 heavy (non-hydrogen) atoms. The maximum Gasteiger partial charge on any atom is 0.369 e. The zero-order valence-electron chi connectivity index (χ0n) is 10.1. The van der Waals surface area contributed by atoms with Gasteiger partial charge in [0.1, 0.15) is 12.0 Å². The molecule has 2 aromatic rings. The molecule has 5 N–H and O–H groups in total. The molecule has 1 unspecified atom stereocenters. The summed E-state index contributed by atoms with van der Waals surface area (Å²) in [4.78, 5) is 11.5. The molecule has 0 radical (unpaired) electrons. The number of benzene rings is 1. The van der Waals surface area contributed by atoms with Crippen LogP contribution in [0.5, 0.6) is 0 Å². The number of aliphatic hydroxyl groups excluding tert-OH is 1. The second-order valence-electron chi connectivity index (χ2n) is 3.81. The molecule has 1 atom stereocenters. The van der Waals surface area contributed by atoms with Gasteiger partial charge in [0.25, 0.3) is 0 Å². The van der Waals surface area contributed by atoms with Crippen LogP contribution in [0.15, 0.2) is 35.6 Å². The van der Waals surface area contributed by atoms with Crippen molar-refractivity contribution < 1.29 is 10.2 Å². The summed E-state index contributed by atoms with van der Waals surface area (Å²) in [5.41, 5.74) is 7.26. The number of aromatic nitrogens is 2. The van der Waals surface area contributed by atoms with Gasteiger partial charge in [0.15, 0.2) is 5.84 Å².